The van der Waals surface area contributed by atoms with Crippen molar-refractivity contribution in [1.29, 1.82) is 0 Å². The predicted molar refractivity (Wildman–Crippen MR) is 72.9 cm³/mol. The van der Waals surface area contributed by atoms with Crippen molar-refractivity contribution in [1.82, 2.24) is 0 Å². The SMILES string of the molecule is CCCCCN(C)c1ccc(CO)cc1Br. The molecule has 0 aliphatic carbocycles. The molecule has 0 fully saturated rings. The standard InChI is InChI=1S/C13H20BrNO/c1-3-4-5-8-15(2)13-7-6-11(10-16)9-12(13)14/h6-7,9,16H,3-5,8,10H2,1-2H3. The van der Waals surface area contributed by atoms with Gasteiger partial charge in [0, 0.05) is 18.1 Å². The molecule has 1 aromatic carbocycles. The Hall–Kier alpha value is -0.540. The van der Waals surface area contributed by atoms with Crippen LogP contribution in [0.15, 0.2) is 22.7 Å². The number of hydrogen-bond donors (Lipinski definition) is 1. The molecule has 0 radical (unpaired) electrons. The largest absolute Gasteiger partial charge is 0.392 e. The number of anilines is 1. The monoisotopic (exact) mass is 285 g/mol. The fourth-order valence-electron chi connectivity index (χ4n) is 1.68. The topological polar surface area (TPSA) is 23.5 Å². The molecule has 1 rings (SSSR count). The molecule has 0 saturated carbocycles. The van der Waals surface area contributed by atoms with Crippen LogP contribution in [0.5, 0.6) is 0 Å². The molecule has 0 unspecified atom stereocenters. The molecule has 0 heterocycles. The normalized spacial score (nSPS) is 10.5. The summed E-state index contributed by atoms with van der Waals surface area (Å²) in [7, 11) is 2.11. The minimum atomic E-state index is 0.0957. The predicted octanol–water partition coefficient (Wildman–Crippen LogP) is 3.57. The number of aliphatic hydroxyl groups is 1. The highest BCUT2D eigenvalue weighted by Crippen LogP contribution is 2.26. The summed E-state index contributed by atoms with van der Waals surface area (Å²) < 4.78 is 1.05. The van der Waals surface area contributed by atoms with Crippen molar-refractivity contribution in [3.8, 4) is 0 Å². The molecule has 2 nitrogen and oxygen atoms in total. The first-order valence-electron chi connectivity index (χ1n) is 5.79. The van der Waals surface area contributed by atoms with Crippen molar-refractivity contribution >= 4 is 21.6 Å². The highest BCUT2D eigenvalue weighted by Gasteiger charge is 2.05. The zero-order valence-electron chi connectivity index (χ0n) is 10.0. The molecule has 0 amide bonds. The van der Waals surface area contributed by atoms with Crippen molar-refractivity contribution in [3.05, 3.63) is 28.2 Å². The van der Waals surface area contributed by atoms with Gasteiger partial charge in [0.2, 0.25) is 0 Å². The molecule has 1 N–H and O–H groups in total. The smallest absolute Gasteiger partial charge is 0.0682 e. The average molecular weight is 286 g/mol. The zero-order valence-corrected chi connectivity index (χ0v) is 11.6. The summed E-state index contributed by atoms with van der Waals surface area (Å²) in [5, 5.41) is 9.03. The van der Waals surface area contributed by atoms with Crippen molar-refractivity contribution < 1.29 is 5.11 Å². The van der Waals surface area contributed by atoms with E-state index in [1.165, 1.54) is 24.9 Å². The van der Waals surface area contributed by atoms with Crippen LogP contribution in [0, 0.1) is 0 Å². The second-order valence-electron chi connectivity index (χ2n) is 4.07. The Bertz CT molecular complexity index is 328. The van der Waals surface area contributed by atoms with E-state index in [1.807, 2.05) is 12.1 Å². The van der Waals surface area contributed by atoms with E-state index in [0.29, 0.717) is 0 Å². The minimum absolute atomic E-state index is 0.0957. The van der Waals surface area contributed by atoms with Crippen molar-refractivity contribution in [3.63, 3.8) is 0 Å². The van der Waals surface area contributed by atoms with Crippen molar-refractivity contribution in [2.24, 2.45) is 0 Å². The van der Waals surface area contributed by atoms with Gasteiger partial charge in [-0.05, 0) is 40.0 Å². The maximum Gasteiger partial charge on any atom is 0.0682 e. The van der Waals surface area contributed by atoms with Gasteiger partial charge in [-0.15, -0.1) is 0 Å². The van der Waals surface area contributed by atoms with Crippen LogP contribution in [0.3, 0.4) is 0 Å². The number of unbranched alkanes of at least 4 members (excludes halogenated alkanes) is 2. The Kier molecular flexibility index (Phi) is 5.85. The number of nitrogens with zero attached hydrogens (tertiary/aromatic N) is 1. The fourth-order valence-corrected chi connectivity index (χ4v) is 2.41. The van der Waals surface area contributed by atoms with Gasteiger partial charge in [0.05, 0.1) is 12.3 Å². The van der Waals surface area contributed by atoms with Gasteiger partial charge in [0.15, 0.2) is 0 Å². The molecule has 16 heavy (non-hydrogen) atoms. The van der Waals surface area contributed by atoms with E-state index in [2.05, 4.69) is 40.9 Å². The number of rotatable bonds is 6. The Morgan fingerprint density at radius 3 is 2.62 bits per heavy atom. The second kappa shape index (κ2) is 6.92. The zero-order chi connectivity index (χ0) is 12.0. The van der Waals surface area contributed by atoms with Crippen LogP contribution >= 0.6 is 15.9 Å². The highest BCUT2D eigenvalue weighted by atomic mass is 79.9. The molecular formula is C13H20BrNO. The van der Waals surface area contributed by atoms with Crippen LogP contribution in [-0.4, -0.2) is 18.7 Å². The van der Waals surface area contributed by atoms with Gasteiger partial charge in [-0.3, -0.25) is 0 Å². The molecule has 0 aliphatic heterocycles. The molecule has 0 atom stereocenters. The van der Waals surface area contributed by atoms with Gasteiger partial charge in [0.1, 0.15) is 0 Å². The summed E-state index contributed by atoms with van der Waals surface area (Å²) in [5.74, 6) is 0. The third-order valence-electron chi connectivity index (χ3n) is 2.70. The third kappa shape index (κ3) is 3.80. The molecule has 3 heteroatoms. The minimum Gasteiger partial charge on any atom is -0.392 e. The van der Waals surface area contributed by atoms with Crippen LogP contribution in [0.25, 0.3) is 0 Å². The summed E-state index contributed by atoms with van der Waals surface area (Å²) in [4.78, 5) is 2.25. The van der Waals surface area contributed by atoms with E-state index < -0.39 is 0 Å². The quantitative estimate of drug-likeness (QED) is 0.808. The van der Waals surface area contributed by atoms with E-state index in [0.717, 1.165) is 16.6 Å². The van der Waals surface area contributed by atoms with Crippen molar-refractivity contribution in [2.75, 3.05) is 18.5 Å². The lowest BCUT2D eigenvalue weighted by molar-refractivity contribution is 0.282. The Balaban J connectivity index is 2.64. The van der Waals surface area contributed by atoms with Crippen LogP contribution in [-0.2, 0) is 6.61 Å². The lowest BCUT2D eigenvalue weighted by Gasteiger charge is -2.21. The fraction of sp³-hybridized carbons (Fsp3) is 0.538. The molecule has 0 saturated heterocycles. The number of hydrogen-bond acceptors (Lipinski definition) is 2. The number of benzene rings is 1. The Morgan fingerprint density at radius 2 is 2.06 bits per heavy atom. The molecular weight excluding hydrogens is 266 g/mol. The summed E-state index contributed by atoms with van der Waals surface area (Å²) in [6.45, 7) is 3.38. The van der Waals surface area contributed by atoms with Crippen molar-refractivity contribution in [2.45, 2.75) is 32.8 Å². The van der Waals surface area contributed by atoms with Gasteiger partial charge in [-0.25, -0.2) is 0 Å². The molecule has 0 aliphatic rings. The van der Waals surface area contributed by atoms with E-state index in [1.54, 1.807) is 0 Å². The second-order valence-corrected chi connectivity index (χ2v) is 4.93. The highest BCUT2D eigenvalue weighted by molar-refractivity contribution is 9.10. The number of halogens is 1. The summed E-state index contributed by atoms with van der Waals surface area (Å²) >= 11 is 3.54. The molecule has 1 aromatic rings. The lowest BCUT2D eigenvalue weighted by Crippen LogP contribution is -2.18. The first-order valence-corrected chi connectivity index (χ1v) is 6.58. The van der Waals surface area contributed by atoms with Gasteiger partial charge >= 0.3 is 0 Å². The van der Waals surface area contributed by atoms with Crippen LogP contribution in [0.1, 0.15) is 31.7 Å². The van der Waals surface area contributed by atoms with Crippen LogP contribution in [0.4, 0.5) is 5.69 Å². The van der Waals surface area contributed by atoms with E-state index in [4.69, 9.17) is 5.11 Å². The average Bonchev–Trinajstić information content (AvgIpc) is 2.29. The molecule has 0 spiro atoms. The Morgan fingerprint density at radius 1 is 1.31 bits per heavy atom. The first kappa shape index (κ1) is 13.5. The van der Waals surface area contributed by atoms with Gasteiger partial charge in [-0.2, -0.15) is 0 Å². The van der Waals surface area contributed by atoms with Crippen LogP contribution in [0.2, 0.25) is 0 Å². The summed E-state index contributed by atoms with van der Waals surface area (Å²) in [6.07, 6.45) is 3.75. The number of aliphatic hydroxyl groups excluding tert-OH is 1. The van der Waals surface area contributed by atoms with E-state index >= 15 is 0 Å². The summed E-state index contributed by atoms with van der Waals surface area (Å²) in [5.41, 5.74) is 2.13. The third-order valence-corrected chi connectivity index (χ3v) is 3.34. The van der Waals surface area contributed by atoms with Gasteiger partial charge in [0.25, 0.3) is 0 Å². The lowest BCUT2D eigenvalue weighted by atomic mass is 10.2. The molecule has 90 valence electrons. The maximum atomic E-state index is 9.03. The first-order chi connectivity index (χ1) is 7.69. The van der Waals surface area contributed by atoms with Gasteiger partial charge < -0.3 is 10.0 Å². The van der Waals surface area contributed by atoms with Gasteiger partial charge in [-0.1, -0.05) is 25.8 Å². The maximum absolute atomic E-state index is 9.03. The summed E-state index contributed by atoms with van der Waals surface area (Å²) in [6, 6.07) is 6.00. The van der Waals surface area contributed by atoms with Crippen LogP contribution < -0.4 is 4.90 Å². The van der Waals surface area contributed by atoms with E-state index in [9.17, 15) is 0 Å². The van der Waals surface area contributed by atoms with E-state index in [-0.39, 0.29) is 6.61 Å². The Labute approximate surface area is 106 Å². The molecule has 0 aromatic heterocycles. The molecule has 0 bridgehead atoms.